The number of hydrogen-bond donors (Lipinski definition) is 1. The molecule has 0 amide bonds. The highest BCUT2D eigenvalue weighted by Crippen LogP contribution is 2.51. The van der Waals surface area contributed by atoms with Crippen LogP contribution in [0.3, 0.4) is 0 Å². The molecule has 0 fully saturated rings. The molecule has 0 aliphatic rings. The van der Waals surface area contributed by atoms with Crippen molar-refractivity contribution in [3.63, 3.8) is 0 Å². The summed E-state index contributed by atoms with van der Waals surface area (Å²) >= 11 is 1.81. The van der Waals surface area contributed by atoms with E-state index in [0.717, 1.165) is 0 Å². The Morgan fingerprint density at radius 2 is 1.53 bits per heavy atom. The van der Waals surface area contributed by atoms with Crippen LogP contribution in [0.5, 0.6) is 0 Å². The predicted molar refractivity (Wildman–Crippen MR) is 68.6 cm³/mol. The van der Waals surface area contributed by atoms with Crippen LogP contribution >= 0.6 is 22.6 Å². The highest BCUT2D eigenvalue weighted by Gasteiger charge is 2.62. The molecule has 1 N–H and O–H groups in total. The largest absolute Gasteiger partial charge is 0.422 e. The van der Waals surface area contributed by atoms with Gasteiger partial charge in [-0.15, -0.1) is 0 Å². The maximum Gasteiger partial charge on any atom is 0.422 e. The van der Waals surface area contributed by atoms with Gasteiger partial charge in [-0.2, -0.15) is 13.2 Å². The van der Waals surface area contributed by atoms with Crippen LogP contribution in [0.1, 0.15) is 26.3 Å². The first kappa shape index (κ1) is 14.8. The third kappa shape index (κ3) is 2.45. The van der Waals surface area contributed by atoms with E-state index in [0.29, 0.717) is 3.57 Å². The highest BCUT2D eigenvalue weighted by atomic mass is 127. The zero-order valence-electron chi connectivity index (χ0n) is 9.77. The Labute approximate surface area is 112 Å². The summed E-state index contributed by atoms with van der Waals surface area (Å²) in [6.07, 6.45) is -4.72. The predicted octanol–water partition coefficient (Wildman–Crippen LogP) is 4.09. The van der Waals surface area contributed by atoms with E-state index in [9.17, 15) is 18.3 Å². The van der Waals surface area contributed by atoms with E-state index in [1.165, 1.54) is 32.9 Å². The van der Waals surface area contributed by atoms with Crippen LogP contribution < -0.4 is 0 Å². The Balaban J connectivity index is 3.53. The van der Waals surface area contributed by atoms with Gasteiger partial charge in [0.15, 0.2) is 5.60 Å². The third-order valence-corrected chi connectivity index (χ3v) is 3.70. The molecule has 0 aromatic heterocycles. The molecule has 1 nitrogen and oxygen atoms in total. The van der Waals surface area contributed by atoms with Gasteiger partial charge in [-0.05, 0) is 28.7 Å². The molecule has 0 saturated carbocycles. The molecule has 0 radical (unpaired) electrons. The molecule has 0 aliphatic carbocycles. The molecule has 0 aliphatic heterocycles. The van der Waals surface area contributed by atoms with E-state index >= 15 is 0 Å². The normalized spacial score (nSPS) is 16.7. The molecule has 0 spiro atoms. The van der Waals surface area contributed by atoms with Crippen molar-refractivity contribution in [3.8, 4) is 0 Å². The summed E-state index contributed by atoms with van der Waals surface area (Å²) in [4.78, 5) is 0. The van der Waals surface area contributed by atoms with Gasteiger partial charge in [-0.25, -0.2) is 0 Å². The average Bonchev–Trinajstić information content (AvgIpc) is 2.13. The van der Waals surface area contributed by atoms with Gasteiger partial charge in [0.2, 0.25) is 0 Å². The van der Waals surface area contributed by atoms with Gasteiger partial charge >= 0.3 is 6.18 Å². The lowest BCUT2D eigenvalue weighted by Crippen LogP contribution is -2.52. The fraction of sp³-hybridized carbons (Fsp3) is 0.500. The van der Waals surface area contributed by atoms with Gasteiger partial charge in [0.1, 0.15) is 0 Å². The lowest BCUT2D eigenvalue weighted by Gasteiger charge is -2.42. The molecule has 1 rings (SSSR count). The summed E-state index contributed by atoms with van der Waals surface area (Å²) in [5.41, 5.74) is -4.29. The van der Waals surface area contributed by atoms with Gasteiger partial charge < -0.3 is 5.11 Å². The molecule has 0 bridgehead atoms. The summed E-state index contributed by atoms with van der Waals surface area (Å²) in [5, 5.41) is 10.2. The van der Waals surface area contributed by atoms with E-state index in [1.54, 1.807) is 34.7 Å². The number of hydrogen-bond acceptors (Lipinski definition) is 1. The van der Waals surface area contributed by atoms with E-state index in [4.69, 9.17) is 0 Å². The smallest absolute Gasteiger partial charge is 0.376 e. The molecule has 96 valence electrons. The molecule has 1 aromatic carbocycles. The van der Waals surface area contributed by atoms with Crippen LogP contribution in [0, 0.1) is 8.99 Å². The SMILES string of the molecule is CC(C)(C)C(O)(c1ccccc1I)C(F)(F)F. The second-order valence-electron chi connectivity index (χ2n) is 4.94. The Hall–Kier alpha value is -0.300. The van der Waals surface area contributed by atoms with Crippen molar-refractivity contribution in [1.29, 1.82) is 0 Å². The second kappa shape index (κ2) is 4.42. The molecule has 1 atom stereocenters. The number of rotatable bonds is 1. The summed E-state index contributed by atoms with van der Waals surface area (Å²) in [7, 11) is 0. The zero-order valence-corrected chi connectivity index (χ0v) is 11.9. The molecular formula is C12H14F3IO. The molecule has 1 unspecified atom stereocenters. The second-order valence-corrected chi connectivity index (χ2v) is 6.10. The Kier molecular flexibility index (Phi) is 3.84. The Bertz CT molecular complexity index is 393. The fourth-order valence-corrected chi connectivity index (χ4v) is 2.51. The van der Waals surface area contributed by atoms with Gasteiger partial charge in [-0.3, -0.25) is 0 Å². The summed E-state index contributed by atoms with van der Waals surface area (Å²) in [5.74, 6) is 0. The molecule has 1 aromatic rings. The third-order valence-electron chi connectivity index (χ3n) is 2.76. The quantitative estimate of drug-likeness (QED) is 0.750. The van der Waals surface area contributed by atoms with E-state index in [-0.39, 0.29) is 5.56 Å². The monoisotopic (exact) mass is 358 g/mol. The lowest BCUT2D eigenvalue weighted by atomic mass is 9.71. The van der Waals surface area contributed by atoms with Crippen molar-refractivity contribution in [2.24, 2.45) is 5.41 Å². The van der Waals surface area contributed by atoms with Crippen molar-refractivity contribution >= 4 is 22.6 Å². The lowest BCUT2D eigenvalue weighted by molar-refractivity contribution is -0.302. The highest BCUT2D eigenvalue weighted by molar-refractivity contribution is 14.1. The van der Waals surface area contributed by atoms with Crippen molar-refractivity contribution in [2.75, 3.05) is 0 Å². The summed E-state index contributed by atoms with van der Waals surface area (Å²) in [6, 6.07) is 6.02. The number of aliphatic hydroxyl groups is 1. The summed E-state index contributed by atoms with van der Waals surface area (Å²) in [6.45, 7) is 4.14. The van der Waals surface area contributed by atoms with E-state index < -0.39 is 17.2 Å². The summed E-state index contributed by atoms with van der Waals surface area (Å²) < 4.78 is 40.0. The van der Waals surface area contributed by atoms with Crippen molar-refractivity contribution in [1.82, 2.24) is 0 Å². The first-order valence-corrected chi connectivity index (χ1v) is 6.14. The van der Waals surface area contributed by atoms with Gasteiger partial charge in [-0.1, -0.05) is 39.0 Å². The molecule has 5 heteroatoms. The van der Waals surface area contributed by atoms with Crippen LogP contribution in [0.4, 0.5) is 13.2 Å². The van der Waals surface area contributed by atoms with Gasteiger partial charge in [0.05, 0.1) is 0 Å². The van der Waals surface area contributed by atoms with E-state index in [2.05, 4.69) is 0 Å². The van der Waals surface area contributed by atoms with Crippen LogP contribution in [0.2, 0.25) is 0 Å². The van der Waals surface area contributed by atoms with Gasteiger partial charge in [0, 0.05) is 14.5 Å². The fourth-order valence-electron chi connectivity index (χ4n) is 1.74. The molecule has 17 heavy (non-hydrogen) atoms. The zero-order chi connectivity index (χ0) is 13.5. The maximum atomic E-state index is 13.2. The maximum absolute atomic E-state index is 13.2. The first-order chi connectivity index (χ1) is 7.52. The minimum atomic E-state index is -4.72. The number of halogens is 4. The number of benzene rings is 1. The van der Waals surface area contributed by atoms with Crippen LogP contribution in [-0.4, -0.2) is 11.3 Å². The standard InChI is InChI=1S/C12H14F3IO/c1-10(2,3)11(17,12(13,14)15)8-6-4-5-7-9(8)16/h4-7,17H,1-3H3. The molecular weight excluding hydrogens is 344 g/mol. The topological polar surface area (TPSA) is 20.2 Å². The van der Waals surface area contributed by atoms with Crippen molar-refractivity contribution in [2.45, 2.75) is 32.5 Å². The van der Waals surface area contributed by atoms with Crippen molar-refractivity contribution in [3.05, 3.63) is 33.4 Å². The van der Waals surface area contributed by atoms with Gasteiger partial charge in [0.25, 0.3) is 0 Å². The Morgan fingerprint density at radius 1 is 1.06 bits per heavy atom. The number of alkyl halides is 3. The first-order valence-electron chi connectivity index (χ1n) is 5.06. The van der Waals surface area contributed by atoms with Crippen LogP contribution in [0.25, 0.3) is 0 Å². The molecule has 0 heterocycles. The van der Waals surface area contributed by atoms with Crippen molar-refractivity contribution < 1.29 is 18.3 Å². The minimum Gasteiger partial charge on any atom is -0.376 e. The minimum absolute atomic E-state index is 0.0967. The Morgan fingerprint density at radius 3 is 1.88 bits per heavy atom. The van der Waals surface area contributed by atoms with Crippen LogP contribution in [-0.2, 0) is 5.60 Å². The molecule has 0 saturated heterocycles. The average molecular weight is 358 g/mol. The van der Waals surface area contributed by atoms with Crippen LogP contribution in [0.15, 0.2) is 24.3 Å². The van der Waals surface area contributed by atoms with E-state index in [1.807, 2.05) is 0 Å².